The fourth-order valence-corrected chi connectivity index (χ4v) is 3.29. The molecular formula is C15H15NO5S2. The molecule has 0 saturated carbocycles. The summed E-state index contributed by atoms with van der Waals surface area (Å²) in [7, 11) is 3.09. The molecule has 0 radical (unpaired) electrons. The Labute approximate surface area is 143 Å². The first kappa shape index (κ1) is 17.3. The number of carbonyl (C=O) groups is 2. The van der Waals surface area contributed by atoms with Crippen LogP contribution in [-0.4, -0.2) is 47.0 Å². The lowest BCUT2D eigenvalue weighted by atomic mass is 10.1. The zero-order chi connectivity index (χ0) is 17.0. The Morgan fingerprint density at radius 2 is 2.13 bits per heavy atom. The molecule has 1 heterocycles. The minimum absolute atomic E-state index is 0.0621. The van der Waals surface area contributed by atoms with E-state index in [9.17, 15) is 9.59 Å². The number of methoxy groups -OCH3 is 2. The number of ether oxygens (including phenoxy) is 2. The van der Waals surface area contributed by atoms with E-state index in [2.05, 4.69) is 0 Å². The van der Waals surface area contributed by atoms with E-state index in [4.69, 9.17) is 26.8 Å². The van der Waals surface area contributed by atoms with Gasteiger partial charge in [0.05, 0.1) is 25.5 Å². The van der Waals surface area contributed by atoms with Crippen LogP contribution in [0.1, 0.15) is 12.0 Å². The molecule has 0 unspecified atom stereocenters. The van der Waals surface area contributed by atoms with Crippen molar-refractivity contribution in [3.63, 3.8) is 0 Å². The summed E-state index contributed by atoms with van der Waals surface area (Å²) in [4.78, 5) is 24.8. The SMILES string of the molecule is COc1ccc(OC)c(C=C2SC(=S)N(CCC(=O)O)C2=O)c1. The van der Waals surface area contributed by atoms with Gasteiger partial charge < -0.3 is 14.6 Å². The first-order chi connectivity index (χ1) is 11.0. The average Bonchev–Trinajstić information content (AvgIpc) is 2.79. The highest BCUT2D eigenvalue weighted by Crippen LogP contribution is 2.35. The van der Waals surface area contributed by atoms with Crippen LogP contribution in [0.15, 0.2) is 23.1 Å². The maximum Gasteiger partial charge on any atom is 0.305 e. The van der Waals surface area contributed by atoms with Crippen molar-refractivity contribution in [1.29, 1.82) is 0 Å². The highest BCUT2D eigenvalue weighted by molar-refractivity contribution is 8.26. The molecule has 1 fully saturated rings. The lowest BCUT2D eigenvalue weighted by molar-refractivity contribution is -0.137. The van der Waals surface area contributed by atoms with Crippen LogP contribution in [0.25, 0.3) is 6.08 Å². The first-order valence-electron chi connectivity index (χ1n) is 6.65. The molecule has 0 atom stereocenters. The van der Waals surface area contributed by atoms with Crippen molar-refractivity contribution >= 4 is 46.3 Å². The van der Waals surface area contributed by atoms with Gasteiger partial charge in [-0.2, -0.15) is 0 Å². The standard InChI is InChI=1S/C15H15NO5S2/c1-20-10-3-4-11(21-2)9(7-10)8-12-14(19)16(15(22)23-12)6-5-13(17)18/h3-4,7-8H,5-6H2,1-2H3,(H,17,18). The van der Waals surface area contributed by atoms with E-state index in [-0.39, 0.29) is 18.9 Å². The van der Waals surface area contributed by atoms with Crippen LogP contribution >= 0.6 is 24.0 Å². The van der Waals surface area contributed by atoms with Gasteiger partial charge in [0.2, 0.25) is 0 Å². The number of nitrogens with zero attached hydrogens (tertiary/aromatic N) is 1. The number of hydrogen-bond acceptors (Lipinski definition) is 6. The monoisotopic (exact) mass is 353 g/mol. The number of benzene rings is 1. The number of thiocarbonyl (C=S) groups is 1. The number of amides is 1. The molecule has 2 rings (SSSR count). The Balaban J connectivity index is 2.28. The second-order valence-electron chi connectivity index (χ2n) is 4.58. The van der Waals surface area contributed by atoms with Gasteiger partial charge in [0.15, 0.2) is 0 Å². The number of aliphatic carboxylic acids is 1. The van der Waals surface area contributed by atoms with Gasteiger partial charge in [-0.25, -0.2) is 0 Å². The van der Waals surface area contributed by atoms with Crippen molar-refractivity contribution in [2.24, 2.45) is 0 Å². The molecule has 1 saturated heterocycles. The second kappa shape index (κ2) is 7.47. The van der Waals surface area contributed by atoms with Gasteiger partial charge in [-0.05, 0) is 24.3 Å². The number of rotatable bonds is 6. The van der Waals surface area contributed by atoms with Gasteiger partial charge in [0.1, 0.15) is 15.8 Å². The normalized spacial score (nSPS) is 16.1. The van der Waals surface area contributed by atoms with Crippen molar-refractivity contribution in [2.75, 3.05) is 20.8 Å². The van der Waals surface area contributed by atoms with Crippen LogP contribution in [0, 0.1) is 0 Å². The third kappa shape index (κ3) is 4.02. The maximum absolute atomic E-state index is 12.4. The lowest BCUT2D eigenvalue weighted by Crippen LogP contribution is -2.30. The zero-order valence-corrected chi connectivity index (χ0v) is 14.2. The number of carboxylic acids is 1. The molecule has 0 bridgehead atoms. The van der Waals surface area contributed by atoms with E-state index in [0.29, 0.717) is 26.3 Å². The Hall–Kier alpha value is -2.06. The highest BCUT2D eigenvalue weighted by Gasteiger charge is 2.32. The molecule has 1 aromatic carbocycles. The summed E-state index contributed by atoms with van der Waals surface area (Å²) in [5.74, 6) is -0.0383. The largest absolute Gasteiger partial charge is 0.497 e. The van der Waals surface area contributed by atoms with Gasteiger partial charge in [0.25, 0.3) is 5.91 Å². The quantitative estimate of drug-likeness (QED) is 0.621. The van der Waals surface area contributed by atoms with E-state index < -0.39 is 5.97 Å². The minimum Gasteiger partial charge on any atom is -0.497 e. The summed E-state index contributed by atoms with van der Waals surface area (Å²) in [6.45, 7) is 0.0621. The van der Waals surface area contributed by atoms with Gasteiger partial charge in [0, 0.05) is 12.1 Å². The lowest BCUT2D eigenvalue weighted by Gasteiger charge is -2.12. The van der Waals surface area contributed by atoms with Crippen LogP contribution in [0.5, 0.6) is 11.5 Å². The van der Waals surface area contributed by atoms with E-state index in [1.807, 2.05) is 0 Å². The summed E-state index contributed by atoms with van der Waals surface area (Å²) >= 11 is 6.29. The summed E-state index contributed by atoms with van der Waals surface area (Å²) < 4.78 is 10.8. The Morgan fingerprint density at radius 1 is 1.39 bits per heavy atom. The number of thioether (sulfide) groups is 1. The molecule has 0 spiro atoms. The van der Waals surface area contributed by atoms with Crippen molar-refractivity contribution in [3.8, 4) is 11.5 Å². The van der Waals surface area contributed by atoms with Gasteiger partial charge in [-0.3, -0.25) is 14.5 Å². The maximum atomic E-state index is 12.4. The molecule has 1 aromatic rings. The van der Waals surface area contributed by atoms with Crippen LogP contribution in [0.4, 0.5) is 0 Å². The van der Waals surface area contributed by atoms with Crippen LogP contribution < -0.4 is 9.47 Å². The molecule has 23 heavy (non-hydrogen) atoms. The predicted molar refractivity (Wildman–Crippen MR) is 91.7 cm³/mol. The molecule has 0 aromatic heterocycles. The summed E-state index contributed by atoms with van der Waals surface area (Å²) in [5.41, 5.74) is 0.686. The summed E-state index contributed by atoms with van der Waals surface area (Å²) in [5, 5.41) is 8.74. The zero-order valence-electron chi connectivity index (χ0n) is 12.6. The fraction of sp³-hybridized carbons (Fsp3) is 0.267. The molecule has 8 heteroatoms. The summed E-state index contributed by atoms with van der Waals surface area (Å²) in [6, 6.07) is 5.26. The molecule has 0 aliphatic carbocycles. The Bertz CT molecular complexity index is 686. The second-order valence-corrected chi connectivity index (χ2v) is 6.26. The highest BCUT2D eigenvalue weighted by atomic mass is 32.2. The molecule has 1 amide bonds. The van der Waals surface area contributed by atoms with Crippen LogP contribution in [0.2, 0.25) is 0 Å². The van der Waals surface area contributed by atoms with E-state index in [0.717, 1.165) is 11.8 Å². The third-order valence-corrected chi connectivity index (χ3v) is 4.52. The van der Waals surface area contributed by atoms with Gasteiger partial charge in [-0.1, -0.05) is 24.0 Å². The molecule has 1 aliphatic rings. The first-order valence-corrected chi connectivity index (χ1v) is 7.88. The molecular weight excluding hydrogens is 338 g/mol. The predicted octanol–water partition coefficient (Wildman–Crippen LogP) is 2.38. The van der Waals surface area contributed by atoms with Crippen molar-refractivity contribution in [1.82, 2.24) is 4.90 Å². The molecule has 6 nitrogen and oxygen atoms in total. The van der Waals surface area contributed by atoms with Crippen LogP contribution in [0.3, 0.4) is 0 Å². The van der Waals surface area contributed by atoms with E-state index in [1.54, 1.807) is 31.4 Å². The topological polar surface area (TPSA) is 76.1 Å². The molecule has 1 aliphatic heterocycles. The third-order valence-electron chi connectivity index (χ3n) is 3.15. The number of hydrogen-bond donors (Lipinski definition) is 1. The Morgan fingerprint density at radius 3 is 2.74 bits per heavy atom. The van der Waals surface area contributed by atoms with E-state index in [1.165, 1.54) is 12.0 Å². The van der Waals surface area contributed by atoms with Gasteiger partial charge in [-0.15, -0.1) is 0 Å². The number of carboxylic acid groups (broad SMARTS) is 1. The molecule has 1 N–H and O–H groups in total. The average molecular weight is 353 g/mol. The van der Waals surface area contributed by atoms with Crippen LogP contribution in [-0.2, 0) is 9.59 Å². The number of carbonyl (C=O) groups excluding carboxylic acids is 1. The van der Waals surface area contributed by atoms with Crippen molar-refractivity contribution < 1.29 is 24.2 Å². The smallest absolute Gasteiger partial charge is 0.305 e. The van der Waals surface area contributed by atoms with E-state index >= 15 is 0 Å². The Kier molecular flexibility index (Phi) is 5.62. The minimum atomic E-state index is -0.975. The molecule has 122 valence electrons. The van der Waals surface area contributed by atoms with Gasteiger partial charge >= 0.3 is 5.97 Å². The summed E-state index contributed by atoms with van der Waals surface area (Å²) in [6.07, 6.45) is 1.52. The van der Waals surface area contributed by atoms with Crippen molar-refractivity contribution in [2.45, 2.75) is 6.42 Å². The van der Waals surface area contributed by atoms with Crippen molar-refractivity contribution in [3.05, 3.63) is 28.7 Å². The fourth-order valence-electron chi connectivity index (χ4n) is 1.99.